The van der Waals surface area contributed by atoms with Crippen LogP contribution in [0.4, 0.5) is 5.69 Å². The van der Waals surface area contributed by atoms with Crippen molar-refractivity contribution in [2.75, 3.05) is 24.6 Å². The quantitative estimate of drug-likeness (QED) is 0.631. The molecule has 0 unspecified atom stereocenters. The Morgan fingerprint density at radius 3 is 2.00 bits per heavy atom. The molecule has 0 saturated carbocycles. The standard InChI is InChI=1S/C17H27NO2/c1-4-7-13-18(14-8-5-2)16-11-9-15(10-12-16)17(19)20-6-3/h9-12H,4-8,13-14H2,1-3H3. The molecule has 0 aromatic heterocycles. The zero-order valence-corrected chi connectivity index (χ0v) is 13.0. The van der Waals surface area contributed by atoms with Crippen LogP contribution < -0.4 is 4.90 Å². The van der Waals surface area contributed by atoms with Crippen LogP contribution in [0.2, 0.25) is 0 Å². The second-order valence-corrected chi connectivity index (χ2v) is 4.96. The van der Waals surface area contributed by atoms with Crippen molar-refractivity contribution < 1.29 is 9.53 Å². The van der Waals surface area contributed by atoms with E-state index in [9.17, 15) is 4.79 Å². The van der Waals surface area contributed by atoms with Gasteiger partial charge in [-0.3, -0.25) is 0 Å². The fourth-order valence-corrected chi connectivity index (χ4v) is 2.09. The van der Waals surface area contributed by atoms with E-state index in [2.05, 4.69) is 18.7 Å². The molecular weight excluding hydrogens is 250 g/mol. The molecule has 1 aromatic carbocycles. The van der Waals surface area contributed by atoms with Crippen molar-refractivity contribution in [1.29, 1.82) is 0 Å². The first-order valence-electron chi connectivity index (χ1n) is 7.75. The van der Waals surface area contributed by atoms with Gasteiger partial charge in [-0.1, -0.05) is 26.7 Å². The van der Waals surface area contributed by atoms with E-state index in [1.165, 1.54) is 31.4 Å². The summed E-state index contributed by atoms with van der Waals surface area (Å²) in [6.45, 7) is 8.82. The molecule has 0 heterocycles. The molecule has 3 nitrogen and oxygen atoms in total. The van der Waals surface area contributed by atoms with E-state index >= 15 is 0 Å². The molecule has 0 radical (unpaired) electrons. The summed E-state index contributed by atoms with van der Waals surface area (Å²) in [5, 5.41) is 0. The van der Waals surface area contributed by atoms with E-state index in [-0.39, 0.29) is 5.97 Å². The molecule has 3 heteroatoms. The van der Waals surface area contributed by atoms with Gasteiger partial charge >= 0.3 is 5.97 Å². The summed E-state index contributed by atoms with van der Waals surface area (Å²) in [6, 6.07) is 7.77. The summed E-state index contributed by atoms with van der Waals surface area (Å²) in [4.78, 5) is 14.0. The Morgan fingerprint density at radius 1 is 1.00 bits per heavy atom. The number of unbranched alkanes of at least 4 members (excludes halogenated alkanes) is 2. The maximum atomic E-state index is 11.6. The van der Waals surface area contributed by atoms with Gasteiger partial charge in [0.2, 0.25) is 0 Å². The normalized spacial score (nSPS) is 10.3. The molecule has 0 N–H and O–H groups in total. The minimum absolute atomic E-state index is 0.243. The monoisotopic (exact) mass is 277 g/mol. The fraction of sp³-hybridized carbons (Fsp3) is 0.588. The molecule has 0 aliphatic carbocycles. The van der Waals surface area contributed by atoms with Gasteiger partial charge in [-0.15, -0.1) is 0 Å². The molecular formula is C17H27NO2. The Balaban J connectivity index is 2.72. The molecule has 1 aromatic rings. The average molecular weight is 277 g/mol. The van der Waals surface area contributed by atoms with E-state index in [1.54, 1.807) is 0 Å². The Kier molecular flexibility index (Phi) is 7.78. The fourth-order valence-electron chi connectivity index (χ4n) is 2.09. The highest BCUT2D eigenvalue weighted by atomic mass is 16.5. The summed E-state index contributed by atoms with van der Waals surface area (Å²) in [6.07, 6.45) is 4.79. The first-order valence-corrected chi connectivity index (χ1v) is 7.75. The number of anilines is 1. The third-order valence-corrected chi connectivity index (χ3v) is 3.31. The SMILES string of the molecule is CCCCN(CCCC)c1ccc(C(=O)OCC)cc1. The molecule has 0 spiro atoms. The minimum Gasteiger partial charge on any atom is -0.462 e. The molecule has 0 amide bonds. The zero-order valence-electron chi connectivity index (χ0n) is 13.0. The number of carbonyl (C=O) groups excluding carboxylic acids is 1. The Morgan fingerprint density at radius 2 is 1.55 bits per heavy atom. The first-order chi connectivity index (χ1) is 9.72. The lowest BCUT2D eigenvalue weighted by Gasteiger charge is -2.24. The third kappa shape index (κ3) is 5.24. The molecule has 20 heavy (non-hydrogen) atoms. The van der Waals surface area contributed by atoms with E-state index < -0.39 is 0 Å². The van der Waals surface area contributed by atoms with Crippen LogP contribution in [0, 0.1) is 0 Å². The molecule has 112 valence electrons. The maximum Gasteiger partial charge on any atom is 0.338 e. The van der Waals surface area contributed by atoms with Gasteiger partial charge in [0.25, 0.3) is 0 Å². The molecule has 0 aliphatic rings. The lowest BCUT2D eigenvalue weighted by molar-refractivity contribution is 0.0526. The number of benzene rings is 1. The second-order valence-electron chi connectivity index (χ2n) is 4.96. The van der Waals surface area contributed by atoms with Gasteiger partial charge in [-0.05, 0) is 44.0 Å². The first kappa shape index (κ1) is 16.5. The Labute approximate surface area is 122 Å². The number of nitrogens with zero attached hydrogens (tertiary/aromatic N) is 1. The molecule has 0 atom stereocenters. The van der Waals surface area contributed by atoms with E-state index in [0.29, 0.717) is 12.2 Å². The highest BCUT2D eigenvalue weighted by Gasteiger charge is 2.09. The molecule has 0 fully saturated rings. The largest absolute Gasteiger partial charge is 0.462 e. The van der Waals surface area contributed by atoms with Gasteiger partial charge in [-0.25, -0.2) is 4.79 Å². The smallest absolute Gasteiger partial charge is 0.338 e. The van der Waals surface area contributed by atoms with Crippen LogP contribution in [0.15, 0.2) is 24.3 Å². The summed E-state index contributed by atoms with van der Waals surface area (Å²) >= 11 is 0. The lowest BCUT2D eigenvalue weighted by Crippen LogP contribution is -2.25. The Bertz CT molecular complexity index is 378. The topological polar surface area (TPSA) is 29.5 Å². The van der Waals surface area contributed by atoms with Crippen LogP contribution in [0.25, 0.3) is 0 Å². The third-order valence-electron chi connectivity index (χ3n) is 3.31. The van der Waals surface area contributed by atoms with Crippen LogP contribution in [0.1, 0.15) is 56.8 Å². The van der Waals surface area contributed by atoms with Crippen LogP contribution in [0.5, 0.6) is 0 Å². The summed E-state index contributed by atoms with van der Waals surface area (Å²) in [5.41, 5.74) is 1.82. The number of hydrogen-bond acceptors (Lipinski definition) is 3. The van der Waals surface area contributed by atoms with Gasteiger partial charge in [0.05, 0.1) is 12.2 Å². The zero-order chi connectivity index (χ0) is 14.8. The van der Waals surface area contributed by atoms with E-state index in [4.69, 9.17) is 4.74 Å². The van der Waals surface area contributed by atoms with Gasteiger partial charge in [-0.2, -0.15) is 0 Å². The van der Waals surface area contributed by atoms with Gasteiger partial charge < -0.3 is 9.64 Å². The highest BCUT2D eigenvalue weighted by Crippen LogP contribution is 2.17. The van der Waals surface area contributed by atoms with Crippen LogP contribution in [-0.2, 0) is 4.74 Å². The van der Waals surface area contributed by atoms with E-state index in [1.807, 2.05) is 31.2 Å². The second kappa shape index (κ2) is 9.40. The van der Waals surface area contributed by atoms with Gasteiger partial charge in [0, 0.05) is 18.8 Å². The summed E-state index contributed by atoms with van der Waals surface area (Å²) < 4.78 is 5.01. The summed E-state index contributed by atoms with van der Waals surface area (Å²) in [5.74, 6) is -0.243. The van der Waals surface area contributed by atoms with Crippen molar-refractivity contribution in [2.45, 2.75) is 46.5 Å². The average Bonchev–Trinajstić information content (AvgIpc) is 2.48. The van der Waals surface area contributed by atoms with Crippen molar-refractivity contribution in [3.8, 4) is 0 Å². The molecule has 0 saturated heterocycles. The molecule has 1 rings (SSSR count). The molecule has 0 aliphatic heterocycles. The van der Waals surface area contributed by atoms with Crippen molar-refractivity contribution >= 4 is 11.7 Å². The molecule has 0 bridgehead atoms. The minimum atomic E-state index is -0.243. The number of ether oxygens (including phenoxy) is 1. The van der Waals surface area contributed by atoms with E-state index in [0.717, 1.165) is 13.1 Å². The Hall–Kier alpha value is -1.51. The van der Waals surface area contributed by atoms with Crippen LogP contribution >= 0.6 is 0 Å². The maximum absolute atomic E-state index is 11.6. The van der Waals surface area contributed by atoms with Crippen molar-refractivity contribution in [3.05, 3.63) is 29.8 Å². The predicted octanol–water partition coefficient (Wildman–Crippen LogP) is 4.27. The predicted molar refractivity (Wildman–Crippen MR) is 84.4 cm³/mol. The van der Waals surface area contributed by atoms with Crippen molar-refractivity contribution in [2.24, 2.45) is 0 Å². The number of hydrogen-bond donors (Lipinski definition) is 0. The van der Waals surface area contributed by atoms with Crippen LogP contribution in [0.3, 0.4) is 0 Å². The van der Waals surface area contributed by atoms with Crippen molar-refractivity contribution in [1.82, 2.24) is 0 Å². The summed E-state index contributed by atoms with van der Waals surface area (Å²) in [7, 11) is 0. The van der Waals surface area contributed by atoms with Crippen LogP contribution in [-0.4, -0.2) is 25.7 Å². The number of esters is 1. The lowest BCUT2D eigenvalue weighted by atomic mass is 10.1. The van der Waals surface area contributed by atoms with Gasteiger partial charge in [0.15, 0.2) is 0 Å². The van der Waals surface area contributed by atoms with Crippen molar-refractivity contribution in [3.63, 3.8) is 0 Å². The highest BCUT2D eigenvalue weighted by molar-refractivity contribution is 5.89. The number of carbonyl (C=O) groups is 1. The van der Waals surface area contributed by atoms with Gasteiger partial charge in [0.1, 0.15) is 0 Å². The number of rotatable bonds is 9.